The molecule has 0 heterocycles. The molecule has 1 aliphatic carbocycles. The van der Waals surface area contributed by atoms with Gasteiger partial charge in [-0.25, -0.2) is 0 Å². The number of hydrogen-bond acceptors (Lipinski definition) is 2. The van der Waals surface area contributed by atoms with Gasteiger partial charge in [-0.3, -0.25) is 0 Å². The van der Waals surface area contributed by atoms with Crippen molar-refractivity contribution in [2.24, 2.45) is 11.7 Å². The van der Waals surface area contributed by atoms with Crippen molar-refractivity contribution in [3.05, 3.63) is 29.8 Å². The summed E-state index contributed by atoms with van der Waals surface area (Å²) in [6.45, 7) is 0.651. The van der Waals surface area contributed by atoms with Gasteiger partial charge in [-0.15, -0.1) is 11.8 Å². The van der Waals surface area contributed by atoms with E-state index in [2.05, 4.69) is 24.3 Å². The highest BCUT2D eigenvalue weighted by Gasteiger charge is 2.12. The second-order valence-electron chi connectivity index (χ2n) is 5.02. The molecule has 0 aliphatic heterocycles. The third kappa shape index (κ3) is 4.36. The van der Waals surface area contributed by atoms with Gasteiger partial charge in [-0.2, -0.15) is 0 Å². The van der Waals surface area contributed by atoms with E-state index in [1.165, 1.54) is 54.7 Å². The zero-order chi connectivity index (χ0) is 11.9. The monoisotopic (exact) mass is 249 g/mol. The fourth-order valence-corrected chi connectivity index (χ4v) is 3.68. The maximum Gasteiger partial charge on any atom is 0.0178 e. The lowest BCUT2D eigenvalue weighted by atomic mass is 10.0. The zero-order valence-electron chi connectivity index (χ0n) is 10.5. The molecule has 0 bridgehead atoms. The van der Waals surface area contributed by atoms with Gasteiger partial charge in [0.25, 0.3) is 0 Å². The van der Waals surface area contributed by atoms with E-state index in [1.807, 2.05) is 11.8 Å². The van der Waals surface area contributed by atoms with Crippen LogP contribution in [-0.4, -0.2) is 5.75 Å². The Balaban J connectivity index is 1.83. The Kier molecular flexibility index (Phi) is 5.40. The molecule has 0 spiro atoms. The van der Waals surface area contributed by atoms with Crippen LogP contribution in [-0.2, 0) is 6.54 Å². The van der Waals surface area contributed by atoms with Crippen molar-refractivity contribution < 1.29 is 0 Å². The molecule has 0 aromatic heterocycles. The summed E-state index contributed by atoms with van der Waals surface area (Å²) >= 11 is 2.01. The van der Waals surface area contributed by atoms with Crippen LogP contribution in [0.25, 0.3) is 0 Å². The minimum absolute atomic E-state index is 0.651. The van der Waals surface area contributed by atoms with Gasteiger partial charge >= 0.3 is 0 Å². The Morgan fingerprint density at radius 2 is 1.88 bits per heavy atom. The molecule has 0 unspecified atom stereocenters. The van der Waals surface area contributed by atoms with Crippen LogP contribution in [0.1, 0.15) is 44.1 Å². The molecule has 0 saturated heterocycles. The Morgan fingerprint density at radius 1 is 1.12 bits per heavy atom. The van der Waals surface area contributed by atoms with Crippen LogP contribution in [0.5, 0.6) is 0 Å². The van der Waals surface area contributed by atoms with Crippen molar-refractivity contribution >= 4 is 11.8 Å². The van der Waals surface area contributed by atoms with Gasteiger partial charge in [0.2, 0.25) is 0 Å². The van der Waals surface area contributed by atoms with E-state index in [9.17, 15) is 0 Å². The molecule has 0 radical (unpaired) electrons. The van der Waals surface area contributed by atoms with Gasteiger partial charge < -0.3 is 5.73 Å². The summed E-state index contributed by atoms with van der Waals surface area (Å²) in [6.07, 6.45) is 8.64. The third-order valence-electron chi connectivity index (χ3n) is 3.59. The van der Waals surface area contributed by atoms with Gasteiger partial charge in [0.15, 0.2) is 0 Å². The maximum atomic E-state index is 5.67. The maximum absolute atomic E-state index is 5.67. The number of benzene rings is 1. The van der Waals surface area contributed by atoms with Crippen LogP contribution in [0.3, 0.4) is 0 Å². The van der Waals surface area contributed by atoms with Crippen molar-refractivity contribution in [3.8, 4) is 0 Å². The molecule has 0 atom stereocenters. The molecule has 2 rings (SSSR count). The molecule has 1 nitrogen and oxygen atoms in total. The lowest BCUT2D eigenvalue weighted by Crippen LogP contribution is -2.02. The fourth-order valence-electron chi connectivity index (χ4n) is 2.51. The summed E-state index contributed by atoms with van der Waals surface area (Å²) in [4.78, 5) is 1.39. The van der Waals surface area contributed by atoms with Crippen LogP contribution in [0.15, 0.2) is 29.2 Å². The number of thioether (sulfide) groups is 1. The molecular formula is C15H23NS. The Bertz CT molecular complexity index is 329. The van der Waals surface area contributed by atoms with Crippen molar-refractivity contribution in [2.75, 3.05) is 5.75 Å². The first-order valence-electron chi connectivity index (χ1n) is 6.80. The molecule has 1 fully saturated rings. The highest BCUT2D eigenvalue weighted by Crippen LogP contribution is 2.29. The van der Waals surface area contributed by atoms with Crippen LogP contribution < -0.4 is 5.73 Å². The van der Waals surface area contributed by atoms with Crippen molar-refractivity contribution in [2.45, 2.75) is 50.0 Å². The average Bonchev–Trinajstić information content (AvgIpc) is 2.65. The lowest BCUT2D eigenvalue weighted by Gasteiger charge is -2.13. The average molecular weight is 249 g/mol. The molecule has 2 N–H and O–H groups in total. The standard InChI is InChI=1S/C15H23NS/c16-11-14-8-5-9-15(10-14)17-12-13-6-3-1-2-4-7-13/h5,8-10,13H,1-4,6-7,11-12,16H2. The van der Waals surface area contributed by atoms with Gasteiger partial charge in [0, 0.05) is 17.2 Å². The summed E-state index contributed by atoms with van der Waals surface area (Å²) in [5.41, 5.74) is 6.92. The predicted molar refractivity (Wildman–Crippen MR) is 76.2 cm³/mol. The van der Waals surface area contributed by atoms with E-state index in [0.717, 1.165) is 5.92 Å². The van der Waals surface area contributed by atoms with E-state index in [0.29, 0.717) is 6.54 Å². The fraction of sp³-hybridized carbons (Fsp3) is 0.600. The number of rotatable bonds is 4. The lowest BCUT2D eigenvalue weighted by molar-refractivity contribution is 0.513. The van der Waals surface area contributed by atoms with E-state index < -0.39 is 0 Å². The van der Waals surface area contributed by atoms with Crippen molar-refractivity contribution in [1.82, 2.24) is 0 Å². The van der Waals surface area contributed by atoms with Crippen LogP contribution >= 0.6 is 11.8 Å². The Morgan fingerprint density at radius 3 is 2.59 bits per heavy atom. The van der Waals surface area contributed by atoms with E-state index in [4.69, 9.17) is 5.73 Å². The third-order valence-corrected chi connectivity index (χ3v) is 4.82. The van der Waals surface area contributed by atoms with Gasteiger partial charge in [0.05, 0.1) is 0 Å². The quantitative estimate of drug-likeness (QED) is 0.639. The molecule has 1 aromatic carbocycles. The van der Waals surface area contributed by atoms with Gasteiger partial charge in [-0.05, 0) is 36.5 Å². The molecule has 0 amide bonds. The smallest absolute Gasteiger partial charge is 0.0178 e. The first-order valence-corrected chi connectivity index (χ1v) is 7.79. The summed E-state index contributed by atoms with van der Waals surface area (Å²) in [5, 5.41) is 0. The molecule has 94 valence electrons. The second-order valence-corrected chi connectivity index (χ2v) is 6.11. The van der Waals surface area contributed by atoms with E-state index in [1.54, 1.807) is 0 Å². The topological polar surface area (TPSA) is 26.0 Å². The van der Waals surface area contributed by atoms with Gasteiger partial charge in [-0.1, -0.05) is 37.8 Å². The highest BCUT2D eigenvalue weighted by molar-refractivity contribution is 7.99. The van der Waals surface area contributed by atoms with Crippen LogP contribution in [0, 0.1) is 5.92 Å². The normalized spacial score (nSPS) is 17.9. The molecule has 1 aromatic rings. The van der Waals surface area contributed by atoms with Crippen molar-refractivity contribution in [1.29, 1.82) is 0 Å². The summed E-state index contributed by atoms with van der Waals surface area (Å²) in [7, 11) is 0. The Labute approximate surface area is 109 Å². The van der Waals surface area contributed by atoms with Crippen molar-refractivity contribution in [3.63, 3.8) is 0 Å². The minimum atomic E-state index is 0.651. The molecule has 1 saturated carbocycles. The Hall–Kier alpha value is -0.470. The molecular weight excluding hydrogens is 226 g/mol. The first-order chi connectivity index (χ1) is 8.38. The number of hydrogen-bond donors (Lipinski definition) is 1. The largest absolute Gasteiger partial charge is 0.326 e. The van der Waals surface area contributed by atoms with E-state index in [-0.39, 0.29) is 0 Å². The predicted octanol–water partition coefficient (Wildman–Crippen LogP) is 4.21. The van der Waals surface area contributed by atoms with Crippen LogP contribution in [0.2, 0.25) is 0 Å². The van der Waals surface area contributed by atoms with Crippen LogP contribution in [0.4, 0.5) is 0 Å². The minimum Gasteiger partial charge on any atom is -0.326 e. The van der Waals surface area contributed by atoms with E-state index >= 15 is 0 Å². The molecule has 17 heavy (non-hydrogen) atoms. The summed E-state index contributed by atoms with van der Waals surface area (Å²) < 4.78 is 0. The zero-order valence-corrected chi connectivity index (χ0v) is 11.3. The first kappa shape index (κ1) is 13.0. The summed E-state index contributed by atoms with van der Waals surface area (Å²) in [6, 6.07) is 8.68. The second kappa shape index (κ2) is 7.07. The summed E-state index contributed by atoms with van der Waals surface area (Å²) in [5.74, 6) is 2.22. The molecule has 2 heteroatoms. The van der Waals surface area contributed by atoms with Gasteiger partial charge in [0.1, 0.15) is 0 Å². The highest BCUT2D eigenvalue weighted by atomic mass is 32.2. The number of nitrogens with two attached hydrogens (primary N) is 1. The SMILES string of the molecule is NCc1cccc(SCC2CCCCCC2)c1. The molecule has 1 aliphatic rings.